The van der Waals surface area contributed by atoms with E-state index in [1.165, 1.54) is 7.11 Å². The zero-order valence-corrected chi connectivity index (χ0v) is 12.0. The highest BCUT2D eigenvalue weighted by Gasteiger charge is 2.04. The first-order valence-electron chi connectivity index (χ1n) is 6.35. The predicted molar refractivity (Wildman–Crippen MR) is 78.7 cm³/mol. The number of phenols is 1. The lowest BCUT2D eigenvalue weighted by Gasteiger charge is -2.25. The number of likely N-dealkylation sites (N-methyl/N-ethyl adjacent to an activating group) is 1. The predicted octanol–water partition coefficient (Wildman–Crippen LogP) is 1.61. The molecule has 1 aliphatic rings. The molecule has 0 atom stereocenters. The maximum atomic E-state index is 9.36. The molecule has 6 heteroatoms. The van der Waals surface area contributed by atoms with E-state index in [4.69, 9.17) is 4.74 Å². The smallest absolute Gasteiger partial charge is 0.162 e. The minimum Gasteiger partial charge on any atom is -0.504 e. The van der Waals surface area contributed by atoms with E-state index in [9.17, 15) is 5.11 Å². The van der Waals surface area contributed by atoms with Gasteiger partial charge in [0.25, 0.3) is 0 Å². The van der Waals surface area contributed by atoms with Gasteiger partial charge in [-0.05, 0) is 19.3 Å². The monoisotopic (exact) mass is 276 g/mol. The Hall–Kier alpha value is -2.21. The second-order valence-corrected chi connectivity index (χ2v) is 4.80. The standard InChI is InChI=1S/C8H8N2O2.C6H12N2/c1-12-8-3-6-5(2-7(8)11)4-9-10-6;1-7-4-3-5-8(2)6-7/h2-4,11H,1H3,(H,9,10);3-4H,5-6H2,1-2H3. The molecular formula is C14H20N4O2. The van der Waals surface area contributed by atoms with E-state index >= 15 is 0 Å². The van der Waals surface area contributed by atoms with E-state index in [1.807, 2.05) is 0 Å². The van der Waals surface area contributed by atoms with Crippen molar-refractivity contribution in [3.8, 4) is 11.5 Å². The second kappa shape index (κ2) is 6.29. The highest BCUT2D eigenvalue weighted by atomic mass is 16.5. The summed E-state index contributed by atoms with van der Waals surface area (Å²) in [6.45, 7) is 2.14. The summed E-state index contributed by atoms with van der Waals surface area (Å²) in [6, 6.07) is 3.31. The molecule has 6 nitrogen and oxygen atoms in total. The van der Waals surface area contributed by atoms with Crippen LogP contribution < -0.4 is 4.74 Å². The van der Waals surface area contributed by atoms with Crippen LogP contribution in [0.4, 0.5) is 0 Å². The first-order chi connectivity index (χ1) is 9.60. The summed E-state index contributed by atoms with van der Waals surface area (Å²) < 4.78 is 4.92. The largest absolute Gasteiger partial charge is 0.504 e. The number of nitrogens with zero attached hydrogens (tertiary/aromatic N) is 3. The molecule has 0 radical (unpaired) electrons. The number of benzene rings is 1. The zero-order chi connectivity index (χ0) is 14.5. The Labute approximate surface area is 118 Å². The highest BCUT2D eigenvalue weighted by Crippen LogP contribution is 2.29. The summed E-state index contributed by atoms with van der Waals surface area (Å²) in [5.41, 5.74) is 0.852. The van der Waals surface area contributed by atoms with Gasteiger partial charge in [-0.2, -0.15) is 5.10 Å². The second-order valence-electron chi connectivity index (χ2n) is 4.80. The lowest BCUT2D eigenvalue weighted by Crippen LogP contribution is -2.33. The summed E-state index contributed by atoms with van der Waals surface area (Å²) in [5, 5.41) is 16.8. The molecule has 1 aliphatic heterocycles. The van der Waals surface area contributed by atoms with Crippen LogP contribution in [-0.2, 0) is 0 Å². The molecule has 0 unspecified atom stereocenters. The number of aromatic nitrogens is 2. The highest BCUT2D eigenvalue weighted by molar-refractivity contribution is 5.81. The first-order valence-corrected chi connectivity index (χ1v) is 6.35. The molecule has 20 heavy (non-hydrogen) atoms. The lowest BCUT2D eigenvalue weighted by atomic mass is 10.2. The Kier molecular flexibility index (Phi) is 4.47. The average molecular weight is 276 g/mol. The number of ether oxygens (including phenoxy) is 1. The minimum atomic E-state index is 0.131. The van der Waals surface area contributed by atoms with Crippen molar-refractivity contribution in [3.63, 3.8) is 0 Å². The lowest BCUT2D eigenvalue weighted by molar-refractivity contribution is 0.229. The summed E-state index contributed by atoms with van der Waals surface area (Å²) in [6.07, 6.45) is 5.91. The van der Waals surface area contributed by atoms with Gasteiger partial charge in [-0.3, -0.25) is 10.00 Å². The molecule has 1 aromatic heterocycles. The summed E-state index contributed by atoms with van der Waals surface area (Å²) in [4.78, 5) is 4.41. The van der Waals surface area contributed by atoms with Gasteiger partial charge in [-0.15, -0.1) is 0 Å². The number of aromatic hydroxyl groups is 1. The van der Waals surface area contributed by atoms with E-state index < -0.39 is 0 Å². The number of H-pyrrole nitrogens is 1. The zero-order valence-electron chi connectivity index (χ0n) is 12.0. The molecule has 108 valence electrons. The number of phenolic OH excluding ortho intramolecular Hbond substituents is 1. The van der Waals surface area contributed by atoms with Gasteiger partial charge < -0.3 is 14.7 Å². The minimum absolute atomic E-state index is 0.131. The van der Waals surface area contributed by atoms with Gasteiger partial charge in [0.1, 0.15) is 0 Å². The van der Waals surface area contributed by atoms with Gasteiger partial charge in [0.2, 0.25) is 0 Å². The van der Waals surface area contributed by atoms with Crippen LogP contribution >= 0.6 is 0 Å². The number of nitrogens with one attached hydrogen (secondary N) is 1. The summed E-state index contributed by atoms with van der Waals surface area (Å²) in [5.74, 6) is 0.582. The number of fused-ring (bicyclic) bond motifs is 1. The van der Waals surface area contributed by atoms with E-state index in [-0.39, 0.29) is 5.75 Å². The molecule has 1 aromatic carbocycles. The van der Waals surface area contributed by atoms with Crippen LogP contribution in [0.2, 0.25) is 0 Å². The van der Waals surface area contributed by atoms with Crippen LogP contribution in [-0.4, -0.2) is 59.5 Å². The molecular weight excluding hydrogens is 256 g/mol. The van der Waals surface area contributed by atoms with Crippen molar-refractivity contribution in [2.24, 2.45) is 0 Å². The van der Waals surface area contributed by atoms with Crippen LogP contribution in [0.3, 0.4) is 0 Å². The Bertz CT molecular complexity index is 594. The molecule has 2 heterocycles. The maximum Gasteiger partial charge on any atom is 0.162 e. The van der Waals surface area contributed by atoms with E-state index in [0.29, 0.717) is 5.75 Å². The van der Waals surface area contributed by atoms with Crippen molar-refractivity contribution in [2.75, 3.05) is 34.4 Å². The topological polar surface area (TPSA) is 64.6 Å². The Morgan fingerprint density at radius 2 is 2.15 bits per heavy atom. The Morgan fingerprint density at radius 1 is 1.35 bits per heavy atom. The Balaban J connectivity index is 0.000000160. The molecule has 0 saturated carbocycles. The fraction of sp³-hybridized carbons (Fsp3) is 0.357. The van der Waals surface area contributed by atoms with Crippen molar-refractivity contribution in [1.82, 2.24) is 20.0 Å². The molecule has 0 fully saturated rings. The number of rotatable bonds is 1. The fourth-order valence-corrected chi connectivity index (χ4v) is 2.02. The van der Waals surface area contributed by atoms with Crippen LogP contribution in [0.5, 0.6) is 11.5 Å². The quantitative estimate of drug-likeness (QED) is 0.828. The SMILES string of the molecule is CN1C=CCN(C)C1.COc1cc2[nH]ncc2cc1O. The third-order valence-electron chi connectivity index (χ3n) is 2.98. The van der Waals surface area contributed by atoms with Gasteiger partial charge in [0.15, 0.2) is 11.5 Å². The van der Waals surface area contributed by atoms with Gasteiger partial charge in [-0.1, -0.05) is 6.08 Å². The van der Waals surface area contributed by atoms with Gasteiger partial charge in [-0.25, -0.2) is 0 Å². The van der Waals surface area contributed by atoms with Crippen molar-refractivity contribution < 1.29 is 9.84 Å². The van der Waals surface area contributed by atoms with Gasteiger partial charge in [0, 0.05) is 25.0 Å². The van der Waals surface area contributed by atoms with Crippen molar-refractivity contribution in [1.29, 1.82) is 0 Å². The molecule has 2 aromatic rings. The van der Waals surface area contributed by atoms with Crippen molar-refractivity contribution in [3.05, 3.63) is 30.6 Å². The number of methoxy groups -OCH3 is 1. The normalized spacial score (nSPS) is 15.1. The molecule has 0 amide bonds. The van der Waals surface area contributed by atoms with Gasteiger partial charge in [0.05, 0.1) is 25.5 Å². The van der Waals surface area contributed by atoms with E-state index in [0.717, 1.165) is 24.1 Å². The van der Waals surface area contributed by atoms with Crippen LogP contribution in [0.25, 0.3) is 10.9 Å². The van der Waals surface area contributed by atoms with Gasteiger partial charge >= 0.3 is 0 Å². The molecule has 0 saturated heterocycles. The van der Waals surface area contributed by atoms with Crippen LogP contribution in [0.1, 0.15) is 0 Å². The molecule has 0 spiro atoms. The Morgan fingerprint density at radius 3 is 2.75 bits per heavy atom. The third-order valence-corrected chi connectivity index (χ3v) is 2.98. The molecule has 2 N–H and O–H groups in total. The van der Waals surface area contributed by atoms with Crippen molar-refractivity contribution in [2.45, 2.75) is 0 Å². The molecule has 0 aliphatic carbocycles. The number of hydrogen-bond donors (Lipinski definition) is 2. The van der Waals surface area contributed by atoms with Crippen LogP contribution in [0, 0.1) is 0 Å². The fourth-order valence-electron chi connectivity index (χ4n) is 2.02. The summed E-state index contributed by atoms with van der Waals surface area (Å²) >= 11 is 0. The average Bonchev–Trinajstić information content (AvgIpc) is 2.85. The molecule has 0 bridgehead atoms. The first kappa shape index (κ1) is 14.2. The summed E-state index contributed by atoms with van der Waals surface area (Å²) in [7, 11) is 5.70. The van der Waals surface area contributed by atoms with Crippen LogP contribution in [0.15, 0.2) is 30.6 Å². The van der Waals surface area contributed by atoms with Crippen molar-refractivity contribution >= 4 is 10.9 Å². The molecule has 3 rings (SSSR count). The van der Waals surface area contributed by atoms with E-state index in [2.05, 4.69) is 46.4 Å². The van der Waals surface area contributed by atoms with E-state index in [1.54, 1.807) is 18.3 Å². The maximum absolute atomic E-state index is 9.36. The third kappa shape index (κ3) is 3.42. The number of aromatic amines is 1. The number of hydrogen-bond acceptors (Lipinski definition) is 5.